The Balaban J connectivity index is 1.32. The van der Waals surface area contributed by atoms with Gasteiger partial charge in [-0.1, -0.05) is 12.1 Å². The molecule has 1 unspecified atom stereocenters. The van der Waals surface area contributed by atoms with Crippen LogP contribution in [0.25, 0.3) is 11.2 Å². The summed E-state index contributed by atoms with van der Waals surface area (Å²) in [6, 6.07) is 5.14. The van der Waals surface area contributed by atoms with Gasteiger partial charge in [0, 0.05) is 18.9 Å². The number of rotatable bonds is 10. The summed E-state index contributed by atoms with van der Waals surface area (Å²) in [5, 5.41) is 31.8. The highest BCUT2D eigenvalue weighted by Crippen LogP contribution is 2.32. The topological polar surface area (TPSA) is 252 Å². The third kappa shape index (κ3) is 5.58. The predicted octanol–water partition coefficient (Wildman–Crippen LogP) is -1.02. The van der Waals surface area contributed by atoms with Crippen molar-refractivity contribution in [3.8, 4) is 0 Å². The molecular weight excluding hydrogens is 530 g/mol. The molecule has 3 aromatic rings. The van der Waals surface area contributed by atoms with Crippen LogP contribution in [0.2, 0.25) is 0 Å². The fourth-order valence-electron chi connectivity index (χ4n) is 3.76. The minimum absolute atomic E-state index is 0.0761. The number of anilines is 1. The number of aliphatic hydroxyl groups excluding tert-OH is 2. The summed E-state index contributed by atoms with van der Waals surface area (Å²) in [5.74, 6) is -1.76. The first kappa shape index (κ1) is 26.9. The van der Waals surface area contributed by atoms with E-state index in [-0.39, 0.29) is 22.5 Å². The summed E-state index contributed by atoms with van der Waals surface area (Å²) in [5.41, 5.74) is 5.50. The van der Waals surface area contributed by atoms with E-state index in [1.165, 1.54) is 29.1 Å². The van der Waals surface area contributed by atoms with Gasteiger partial charge in [-0.05, 0) is 6.07 Å². The zero-order valence-corrected chi connectivity index (χ0v) is 20.1. The molecule has 1 aliphatic heterocycles. The summed E-state index contributed by atoms with van der Waals surface area (Å²) >= 11 is 0. The molecule has 17 nitrogen and oxygen atoms in total. The lowest BCUT2D eigenvalue weighted by Gasteiger charge is -2.16. The number of hydrogen-bond acceptors (Lipinski definition) is 14. The number of nitrogen functional groups attached to an aromatic ring is 1. The smallest absolute Gasteiger partial charge is 0.362 e. The van der Waals surface area contributed by atoms with E-state index in [0.29, 0.717) is 0 Å². The molecule has 1 amide bonds. The zero-order valence-electron chi connectivity index (χ0n) is 19.3. The third-order valence-electron chi connectivity index (χ3n) is 5.61. The molecule has 0 radical (unpaired) electrons. The van der Waals surface area contributed by atoms with Gasteiger partial charge in [0.15, 0.2) is 23.5 Å². The normalized spacial score (nSPS) is 21.4. The number of nitrogens with two attached hydrogens (primary N) is 1. The molecule has 1 saturated heterocycles. The Morgan fingerprint density at radius 2 is 1.92 bits per heavy atom. The average molecular weight is 551 g/mol. The van der Waals surface area contributed by atoms with Gasteiger partial charge in [0.1, 0.15) is 30.2 Å². The molecule has 202 valence electrons. The van der Waals surface area contributed by atoms with Crippen LogP contribution in [0.1, 0.15) is 29.4 Å². The molecule has 1 aliphatic rings. The number of nitrogens with one attached hydrogen (secondary N) is 1. The van der Waals surface area contributed by atoms with Crippen molar-refractivity contribution in [3.63, 3.8) is 0 Å². The fourth-order valence-corrected chi connectivity index (χ4v) is 4.51. The number of nitrogens with zero attached hydrogens (tertiary/aromatic N) is 5. The van der Waals surface area contributed by atoms with Crippen LogP contribution in [0.5, 0.6) is 0 Å². The van der Waals surface area contributed by atoms with Gasteiger partial charge in [0.05, 0.1) is 23.4 Å². The monoisotopic (exact) mass is 551 g/mol. The molecule has 2 aromatic heterocycles. The van der Waals surface area contributed by atoms with Crippen molar-refractivity contribution in [2.45, 2.75) is 37.4 Å². The number of imidazole rings is 1. The summed E-state index contributed by atoms with van der Waals surface area (Å²) in [4.78, 5) is 46.5. The number of hydrogen-bond donors (Lipinski definition) is 4. The van der Waals surface area contributed by atoms with E-state index < -0.39 is 76.6 Å². The van der Waals surface area contributed by atoms with Gasteiger partial charge in [0.2, 0.25) is 5.91 Å². The van der Waals surface area contributed by atoms with E-state index in [2.05, 4.69) is 15.0 Å². The number of nitro benzene ring substituents is 1. The minimum atomic E-state index is -4.70. The number of carbonyl (C=O) groups is 2. The fraction of sp³-hybridized carbons (Fsp3) is 0.350. The number of benzene rings is 1. The number of para-hydroxylation sites is 1. The number of aromatic nitrogens is 4. The summed E-state index contributed by atoms with van der Waals surface area (Å²) in [7, 11) is -4.70. The number of Topliss-reactive ketones (excluding diaryl/α,β-unsaturated/α-hetero) is 1. The first-order valence-electron chi connectivity index (χ1n) is 10.9. The Hall–Kier alpha value is -4.10. The van der Waals surface area contributed by atoms with Crippen molar-refractivity contribution >= 4 is 44.7 Å². The molecule has 0 bridgehead atoms. The molecule has 1 aromatic carbocycles. The molecular formula is C20H21N7O10S. The molecule has 0 aliphatic carbocycles. The maximum Gasteiger partial charge on any atom is 0.362 e. The number of nitro groups is 1. The van der Waals surface area contributed by atoms with E-state index in [4.69, 9.17) is 14.7 Å². The highest BCUT2D eigenvalue weighted by atomic mass is 32.2. The van der Waals surface area contributed by atoms with Crippen LogP contribution in [-0.4, -0.2) is 79.7 Å². The second kappa shape index (κ2) is 10.7. The van der Waals surface area contributed by atoms with Crippen LogP contribution >= 0.6 is 0 Å². The first-order chi connectivity index (χ1) is 18.0. The van der Waals surface area contributed by atoms with E-state index in [1.54, 1.807) is 4.72 Å². The second-order valence-corrected chi connectivity index (χ2v) is 9.44. The molecule has 4 atom stereocenters. The maximum atomic E-state index is 12.3. The molecule has 18 heteroatoms. The molecule has 4 rings (SSSR count). The van der Waals surface area contributed by atoms with Gasteiger partial charge < -0.3 is 20.7 Å². The summed E-state index contributed by atoms with van der Waals surface area (Å²) in [6.07, 6.45) is -4.35. The predicted molar refractivity (Wildman–Crippen MR) is 125 cm³/mol. The quantitative estimate of drug-likeness (QED) is 0.134. The van der Waals surface area contributed by atoms with Crippen LogP contribution in [0.3, 0.4) is 0 Å². The zero-order chi connectivity index (χ0) is 27.6. The van der Waals surface area contributed by atoms with E-state index in [0.717, 1.165) is 12.4 Å². The van der Waals surface area contributed by atoms with Crippen molar-refractivity contribution < 1.29 is 42.1 Å². The van der Waals surface area contributed by atoms with Crippen LogP contribution in [0.15, 0.2) is 36.9 Å². The van der Waals surface area contributed by atoms with Crippen LogP contribution in [0.4, 0.5) is 11.5 Å². The molecule has 0 saturated carbocycles. The number of ether oxygens (including phenoxy) is 1. The van der Waals surface area contributed by atoms with Crippen molar-refractivity contribution in [1.82, 2.24) is 24.2 Å². The van der Waals surface area contributed by atoms with Gasteiger partial charge in [0.25, 0.3) is 5.69 Å². The number of ketones is 1. The minimum Gasteiger partial charge on any atom is -0.387 e. The van der Waals surface area contributed by atoms with Crippen molar-refractivity contribution in [2.75, 3.05) is 12.3 Å². The summed E-state index contributed by atoms with van der Waals surface area (Å²) in [6.45, 7) is -0.782. The Labute approximate surface area is 213 Å². The molecule has 3 heterocycles. The van der Waals surface area contributed by atoms with E-state index >= 15 is 0 Å². The Morgan fingerprint density at radius 3 is 2.66 bits per heavy atom. The Kier molecular flexibility index (Phi) is 7.60. The standard InChI is InChI=1S/C20H21N7O10S/c21-18-15-19(23-8-22-18)26(9-24-15)20-17(31)16(30)13(37-20)7-36-38(34,35)25-14(29)6-5-12(28)10-3-1-2-4-11(10)27(32)33/h1-4,8-9,13,16-17,20,30-31H,5-7H2,(H,25,29)(H2,21,22,23)/t13-,16-,17-,20?/m1/s1. The highest BCUT2D eigenvalue weighted by molar-refractivity contribution is 7.85. The van der Waals surface area contributed by atoms with Crippen molar-refractivity contribution in [2.24, 2.45) is 0 Å². The van der Waals surface area contributed by atoms with Crippen LogP contribution < -0.4 is 10.5 Å². The number of carbonyl (C=O) groups excluding carboxylic acids is 2. The van der Waals surface area contributed by atoms with Gasteiger partial charge in [-0.2, -0.15) is 8.42 Å². The number of amides is 1. The highest BCUT2D eigenvalue weighted by Gasteiger charge is 2.45. The van der Waals surface area contributed by atoms with Crippen LogP contribution in [0, 0.1) is 10.1 Å². The van der Waals surface area contributed by atoms with Crippen molar-refractivity contribution in [1.29, 1.82) is 0 Å². The maximum absolute atomic E-state index is 12.3. The van der Waals surface area contributed by atoms with Gasteiger partial charge in [-0.25, -0.2) is 19.7 Å². The molecule has 0 spiro atoms. The first-order valence-corrected chi connectivity index (χ1v) is 12.3. The SMILES string of the molecule is Nc1ncnc2c1ncn2C1O[C@H](COS(=O)(=O)NC(=O)CCC(=O)c2ccccc2[N+](=O)[O-])[C@@H](O)[C@H]1O. The lowest BCUT2D eigenvalue weighted by molar-refractivity contribution is -0.385. The number of fused-ring (bicyclic) bond motifs is 1. The summed E-state index contributed by atoms with van der Waals surface area (Å²) < 4.78 is 37.5. The van der Waals surface area contributed by atoms with E-state index in [9.17, 15) is 38.3 Å². The number of aliphatic hydroxyl groups is 2. The second-order valence-electron chi connectivity index (χ2n) is 8.09. The Bertz CT molecular complexity index is 1490. The molecule has 1 fully saturated rings. The lowest BCUT2D eigenvalue weighted by Crippen LogP contribution is -2.37. The van der Waals surface area contributed by atoms with E-state index in [1.807, 2.05) is 0 Å². The average Bonchev–Trinajstić information content (AvgIpc) is 3.42. The lowest BCUT2D eigenvalue weighted by atomic mass is 10.0. The Morgan fingerprint density at radius 1 is 1.18 bits per heavy atom. The largest absolute Gasteiger partial charge is 0.387 e. The van der Waals surface area contributed by atoms with Crippen molar-refractivity contribution in [3.05, 3.63) is 52.6 Å². The van der Waals surface area contributed by atoms with Gasteiger partial charge in [-0.3, -0.25) is 28.5 Å². The van der Waals surface area contributed by atoms with Gasteiger partial charge >= 0.3 is 10.3 Å². The molecule has 38 heavy (non-hydrogen) atoms. The van der Waals surface area contributed by atoms with Gasteiger partial charge in [-0.15, -0.1) is 0 Å². The molecule has 5 N–H and O–H groups in total. The van der Waals surface area contributed by atoms with Crippen LogP contribution in [-0.2, 0) is 24.0 Å². The third-order valence-corrected chi connectivity index (χ3v) is 6.53.